The molecule has 5 nitrogen and oxygen atoms in total. The molecule has 1 aromatic carbocycles. The van der Waals surface area contributed by atoms with Crippen LogP contribution in [0, 0.1) is 6.92 Å². The summed E-state index contributed by atoms with van der Waals surface area (Å²) in [5, 5.41) is 9.95. The molecule has 3 aromatic rings. The molecule has 0 spiro atoms. The van der Waals surface area contributed by atoms with Crippen molar-refractivity contribution in [1.29, 1.82) is 0 Å². The van der Waals surface area contributed by atoms with E-state index in [0.29, 0.717) is 18.6 Å². The first kappa shape index (κ1) is 21.0. The van der Waals surface area contributed by atoms with Gasteiger partial charge < -0.3 is 9.15 Å². The van der Waals surface area contributed by atoms with Gasteiger partial charge in [0.1, 0.15) is 5.75 Å². The monoisotopic (exact) mass is 425 g/mol. The highest BCUT2D eigenvalue weighted by molar-refractivity contribution is 7.99. The Labute approximate surface area is 183 Å². The van der Waals surface area contributed by atoms with Gasteiger partial charge in [0.15, 0.2) is 10.9 Å². The van der Waals surface area contributed by atoms with Crippen LogP contribution in [-0.4, -0.2) is 27.1 Å². The molecular weight excluding hydrogens is 394 g/mol. The van der Waals surface area contributed by atoms with Gasteiger partial charge in [-0.05, 0) is 55.0 Å². The number of benzene rings is 1. The van der Waals surface area contributed by atoms with Crippen LogP contribution < -0.4 is 4.74 Å². The standard InChI is InChI=1S/C24H31N3O2S/c1-17(2)20-12-11-18(3)16-22(20)29-14-15-30-24-26-25-23(21-10-7-13-28-21)27(24)19-8-5-4-6-9-19/h7,10-13,16-17,19H,4-6,8-9,14-15H2,1-3H3. The average molecular weight is 426 g/mol. The quantitative estimate of drug-likeness (QED) is 0.299. The van der Waals surface area contributed by atoms with E-state index in [0.717, 1.165) is 28.2 Å². The van der Waals surface area contributed by atoms with Crippen molar-refractivity contribution in [3.63, 3.8) is 0 Å². The molecule has 1 aliphatic carbocycles. The van der Waals surface area contributed by atoms with Crippen molar-refractivity contribution in [3.05, 3.63) is 47.7 Å². The first-order valence-corrected chi connectivity index (χ1v) is 12.0. The van der Waals surface area contributed by atoms with Gasteiger partial charge in [-0.1, -0.05) is 57.0 Å². The summed E-state index contributed by atoms with van der Waals surface area (Å²) in [7, 11) is 0. The van der Waals surface area contributed by atoms with E-state index in [1.165, 1.54) is 43.2 Å². The molecule has 1 saturated carbocycles. The zero-order chi connectivity index (χ0) is 20.9. The van der Waals surface area contributed by atoms with Gasteiger partial charge in [-0.25, -0.2) is 0 Å². The van der Waals surface area contributed by atoms with E-state index < -0.39 is 0 Å². The third kappa shape index (κ3) is 4.75. The number of hydrogen-bond acceptors (Lipinski definition) is 5. The minimum Gasteiger partial charge on any atom is -0.492 e. The number of ether oxygens (including phenoxy) is 1. The van der Waals surface area contributed by atoms with Gasteiger partial charge in [0.25, 0.3) is 0 Å². The number of thioether (sulfide) groups is 1. The third-order valence-electron chi connectivity index (χ3n) is 5.71. The fourth-order valence-electron chi connectivity index (χ4n) is 4.15. The van der Waals surface area contributed by atoms with Crippen LogP contribution in [0.25, 0.3) is 11.6 Å². The Kier molecular flexibility index (Phi) is 6.82. The van der Waals surface area contributed by atoms with Crippen LogP contribution >= 0.6 is 11.8 Å². The van der Waals surface area contributed by atoms with Gasteiger partial charge >= 0.3 is 0 Å². The van der Waals surface area contributed by atoms with Crippen molar-refractivity contribution in [2.24, 2.45) is 0 Å². The van der Waals surface area contributed by atoms with Crippen molar-refractivity contribution < 1.29 is 9.15 Å². The smallest absolute Gasteiger partial charge is 0.200 e. The van der Waals surface area contributed by atoms with Crippen LogP contribution in [0.15, 0.2) is 46.2 Å². The van der Waals surface area contributed by atoms with E-state index in [4.69, 9.17) is 9.15 Å². The summed E-state index contributed by atoms with van der Waals surface area (Å²) < 4.78 is 14.1. The predicted molar refractivity (Wildman–Crippen MR) is 121 cm³/mol. The van der Waals surface area contributed by atoms with Crippen LogP contribution in [-0.2, 0) is 0 Å². The number of aromatic nitrogens is 3. The van der Waals surface area contributed by atoms with Crippen LogP contribution in [0.5, 0.6) is 5.75 Å². The fourth-order valence-corrected chi connectivity index (χ4v) is 4.97. The Hall–Kier alpha value is -2.21. The average Bonchev–Trinajstić information content (AvgIpc) is 3.41. The first-order valence-electron chi connectivity index (χ1n) is 11.0. The fraction of sp³-hybridized carbons (Fsp3) is 0.500. The summed E-state index contributed by atoms with van der Waals surface area (Å²) in [4.78, 5) is 0. The topological polar surface area (TPSA) is 53.1 Å². The summed E-state index contributed by atoms with van der Waals surface area (Å²) >= 11 is 1.72. The lowest BCUT2D eigenvalue weighted by Gasteiger charge is -2.25. The first-order chi connectivity index (χ1) is 14.6. The predicted octanol–water partition coefficient (Wildman–Crippen LogP) is 6.65. The van der Waals surface area contributed by atoms with E-state index >= 15 is 0 Å². The second-order valence-electron chi connectivity index (χ2n) is 8.34. The Morgan fingerprint density at radius 1 is 1.17 bits per heavy atom. The summed E-state index contributed by atoms with van der Waals surface area (Å²) in [6.07, 6.45) is 7.90. The van der Waals surface area contributed by atoms with Crippen molar-refractivity contribution in [1.82, 2.24) is 14.8 Å². The zero-order valence-corrected chi connectivity index (χ0v) is 19.0. The minimum atomic E-state index is 0.443. The molecule has 0 atom stereocenters. The van der Waals surface area contributed by atoms with Crippen LogP contribution in [0.2, 0.25) is 0 Å². The highest BCUT2D eigenvalue weighted by atomic mass is 32.2. The maximum Gasteiger partial charge on any atom is 0.200 e. The highest BCUT2D eigenvalue weighted by Crippen LogP contribution is 2.36. The van der Waals surface area contributed by atoms with E-state index in [9.17, 15) is 0 Å². The molecule has 0 amide bonds. The van der Waals surface area contributed by atoms with Gasteiger partial charge in [0.2, 0.25) is 5.82 Å². The van der Waals surface area contributed by atoms with Crippen molar-refractivity contribution >= 4 is 11.8 Å². The normalized spacial score (nSPS) is 15.1. The lowest BCUT2D eigenvalue weighted by molar-refractivity contribution is 0.333. The molecule has 0 N–H and O–H groups in total. The van der Waals surface area contributed by atoms with Crippen molar-refractivity contribution in [2.45, 2.75) is 70.0 Å². The molecule has 1 fully saturated rings. The molecule has 2 heterocycles. The van der Waals surface area contributed by atoms with Gasteiger partial charge in [-0.2, -0.15) is 0 Å². The molecule has 1 aliphatic rings. The summed E-state index contributed by atoms with van der Waals surface area (Å²) in [5.74, 6) is 3.90. The number of nitrogens with zero attached hydrogens (tertiary/aromatic N) is 3. The molecule has 6 heteroatoms. The molecule has 30 heavy (non-hydrogen) atoms. The molecule has 2 aromatic heterocycles. The van der Waals surface area contributed by atoms with Crippen LogP contribution in [0.3, 0.4) is 0 Å². The molecule has 0 aliphatic heterocycles. The molecule has 0 bridgehead atoms. The molecule has 160 valence electrons. The number of rotatable bonds is 8. The molecule has 4 rings (SSSR count). The van der Waals surface area contributed by atoms with Crippen molar-refractivity contribution in [3.8, 4) is 17.3 Å². The second kappa shape index (κ2) is 9.73. The van der Waals surface area contributed by atoms with Crippen LogP contribution in [0.4, 0.5) is 0 Å². The number of furan rings is 1. The Balaban J connectivity index is 1.46. The van der Waals surface area contributed by atoms with Gasteiger partial charge in [-0.3, -0.25) is 4.57 Å². The van der Waals surface area contributed by atoms with E-state index in [1.807, 2.05) is 12.1 Å². The summed E-state index contributed by atoms with van der Waals surface area (Å²) in [5.41, 5.74) is 2.48. The zero-order valence-electron chi connectivity index (χ0n) is 18.1. The van der Waals surface area contributed by atoms with Gasteiger partial charge in [0.05, 0.1) is 12.9 Å². The number of hydrogen-bond donors (Lipinski definition) is 0. The largest absolute Gasteiger partial charge is 0.492 e. The molecule has 0 unspecified atom stereocenters. The number of aryl methyl sites for hydroxylation is 1. The summed E-state index contributed by atoms with van der Waals surface area (Å²) in [6, 6.07) is 10.8. The van der Waals surface area contributed by atoms with Crippen molar-refractivity contribution in [2.75, 3.05) is 12.4 Å². The van der Waals surface area contributed by atoms with Gasteiger partial charge in [0, 0.05) is 11.8 Å². The Morgan fingerprint density at radius 3 is 2.73 bits per heavy atom. The van der Waals surface area contributed by atoms with Crippen LogP contribution in [0.1, 0.15) is 69.0 Å². The SMILES string of the molecule is Cc1ccc(C(C)C)c(OCCSc2nnc(-c3ccco3)n2C2CCCCC2)c1. The molecular formula is C24H31N3O2S. The van der Waals surface area contributed by atoms with E-state index in [2.05, 4.69) is 53.7 Å². The Bertz CT molecular complexity index is 944. The lowest BCUT2D eigenvalue weighted by atomic mass is 9.95. The maximum absolute atomic E-state index is 6.17. The lowest BCUT2D eigenvalue weighted by Crippen LogP contribution is -2.15. The van der Waals surface area contributed by atoms with E-state index in [-0.39, 0.29) is 0 Å². The Morgan fingerprint density at radius 2 is 2.00 bits per heavy atom. The molecule has 0 saturated heterocycles. The van der Waals surface area contributed by atoms with Gasteiger partial charge in [-0.15, -0.1) is 10.2 Å². The van der Waals surface area contributed by atoms with E-state index in [1.54, 1.807) is 18.0 Å². The second-order valence-corrected chi connectivity index (χ2v) is 9.40. The minimum absolute atomic E-state index is 0.443. The molecule has 0 radical (unpaired) electrons. The summed E-state index contributed by atoms with van der Waals surface area (Å²) in [6.45, 7) is 7.15. The maximum atomic E-state index is 6.17. The highest BCUT2D eigenvalue weighted by Gasteiger charge is 2.25. The third-order valence-corrected chi connectivity index (χ3v) is 6.62.